The Morgan fingerprint density at radius 2 is 2.07 bits per heavy atom. The van der Waals surface area contributed by atoms with Crippen LogP contribution in [-0.4, -0.2) is 10.9 Å². The van der Waals surface area contributed by atoms with Gasteiger partial charge in [0.25, 0.3) is 5.91 Å². The number of benzene rings is 1. The highest BCUT2D eigenvalue weighted by atomic mass is 35.5. The first-order valence-electron chi connectivity index (χ1n) is 4.13. The van der Waals surface area contributed by atoms with Gasteiger partial charge in [-0.05, 0) is 18.2 Å². The first-order chi connectivity index (χ1) is 7.09. The van der Waals surface area contributed by atoms with Crippen LogP contribution in [0.25, 0.3) is 10.9 Å². The highest BCUT2D eigenvalue weighted by Gasteiger charge is 2.11. The smallest absolute Gasteiger partial charge is 0.251 e. The van der Waals surface area contributed by atoms with Gasteiger partial charge in [-0.15, -0.1) is 0 Å². The molecule has 2 aromatic rings. The quantitative estimate of drug-likeness (QED) is 0.834. The zero-order chi connectivity index (χ0) is 11.0. The summed E-state index contributed by atoms with van der Waals surface area (Å²) in [5, 5.41) is 1.45. The Hall–Kier alpha value is -1.32. The summed E-state index contributed by atoms with van der Waals surface area (Å²) in [6.07, 6.45) is 1.36. The van der Waals surface area contributed by atoms with Gasteiger partial charge >= 0.3 is 0 Å². The number of nitrogens with two attached hydrogens (primary N) is 1. The van der Waals surface area contributed by atoms with Crippen LogP contribution in [0.3, 0.4) is 0 Å². The van der Waals surface area contributed by atoms with E-state index in [1.807, 2.05) is 0 Å². The zero-order valence-electron chi connectivity index (χ0n) is 7.50. The molecule has 0 aliphatic heterocycles. The van der Waals surface area contributed by atoms with Crippen LogP contribution in [0.4, 0.5) is 0 Å². The highest BCUT2D eigenvalue weighted by molar-refractivity contribution is 6.39. The minimum Gasteiger partial charge on any atom is -0.366 e. The molecule has 0 spiro atoms. The molecule has 2 rings (SSSR count). The van der Waals surface area contributed by atoms with Crippen LogP contribution in [0, 0.1) is 0 Å². The molecule has 1 amide bonds. The Morgan fingerprint density at radius 1 is 1.33 bits per heavy atom. The minimum absolute atomic E-state index is 0.200. The van der Waals surface area contributed by atoms with Crippen LogP contribution >= 0.6 is 23.2 Å². The standard InChI is InChI=1S/C10H6Cl2N2O/c11-5-1-2-8-6(3-5)9(12)7(4-14-8)10(13)15/h1-4H,(H2,13,15). The van der Waals surface area contributed by atoms with Gasteiger partial charge < -0.3 is 5.73 Å². The molecule has 76 valence electrons. The van der Waals surface area contributed by atoms with Gasteiger partial charge in [0, 0.05) is 16.6 Å². The Bertz CT molecular complexity index is 554. The van der Waals surface area contributed by atoms with E-state index in [-0.39, 0.29) is 10.6 Å². The predicted octanol–water partition coefficient (Wildman–Crippen LogP) is 2.64. The lowest BCUT2D eigenvalue weighted by atomic mass is 10.1. The van der Waals surface area contributed by atoms with Gasteiger partial charge in [-0.3, -0.25) is 9.78 Å². The number of rotatable bonds is 1. The van der Waals surface area contributed by atoms with Gasteiger partial charge in [0.15, 0.2) is 0 Å². The van der Waals surface area contributed by atoms with Crippen LogP contribution in [0.2, 0.25) is 10.0 Å². The SMILES string of the molecule is NC(=O)c1cnc2ccc(Cl)cc2c1Cl. The van der Waals surface area contributed by atoms with E-state index in [1.54, 1.807) is 18.2 Å². The van der Waals surface area contributed by atoms with Crippen LogP contribution in [0.15, 0.2) is 24.4 Å². The number of halogens is 2. The highest BCUT2D eigenvalue weighted by Crippen LogP contribution is 2.27. The van der Waals surface area contributed by atoms with E-state index in [2.05, 4.69) is 4.98 Å². The topological polar surface area (TPSA) is 56.0 Å². The number of nitrogens with zero attached hydrogens (tertiary/aromatic N) is 1. The molecule has 0 bridgehead atoms. The van der Waals surface area contributed by atoms with Crippen LogP contribution in [0.5, 0.6) is 0 Å². The molecular formula is C10H6Cl2N2O. The van der Waals surface area contributed by atoms with Crippen molar-refractivity contribution in [3.63, 3.8) is 0 Å². The molecule has 3 nitrogen and oxygen atoms in total. The maximum absolute atomic E-state index is 11.0. The van der Waals surface area contributed by atoms with Crippen LogP contribution in [0.1, 0.15) is 10.4 Å². The Morgan fingerprint density at radius 3 is 2.73 bits per heavy atom. The molecule has 0 aliphatic rings. The van der Waals surface area contributed by atoms with Gasteiger partial charge in [0.1, 0.15) is 0 Å². The monoisotopic (exact) mass is 240 g/mol. The maximum atomic E-state index is 11.0. The molecule has 0 saturated carbocycles. The van der Waals surface area contributed by atoms with E-state index >= 15 is 0 Å². The van der Waals surface area contributed by atoms with Crippen molar-refractivity contribution < 1.29 is 4.79 Å². The number of hydrogen-bond donors (Lipinski definition) is 1. The largest absolute Gasteiger partial charge is 0.366 e. The number of hydrogen-bond acceptors (Lipinski definition) is 2. The fourth-order valence-corrected chi connectivity index (χ4v) is 1.77. The summed E-state index contributed by atoms with van der Waals surface area (Å²) >= 11 is 11.8. The molecular weight excluding hydrogens is 235 g/mol. The van der Waals surface area contributed by atoms with Gasteiger partial charge in [-0.1, -0.05) is 23.2 Å². The summed E-state index contributed by atoms with van der Waals surface area (Å²) in [7, 11) is 0. The predicted molar refractivity (Wildman–Crippen MR) is 60.3 cm³/mol. The fraction of sp³-hybridized carbons (Fsp3) is 0. The first kappa shape index (κ1) is 10.2. The maximum Gasteiger partial charge on any atom is 0.251 e. The van der Waals surface area contributed by atoms with Gasteiger partial charge in [-0.25, -0.2) is 0 Å². The average molecular weight is 241 g/mol. The van der Waals surface area contributed by atoms with Gasteiger partial charge in [0.2, 0.25) is 0 Å². The molecule has 0 aliphatic carbocycles. The van der Waals surface area contributed by atoms with E-state index in [1.165, 1.54) is 6.20 Å². The number of primary amides is 1. The number of fused-ring (bicyclic) bond motifs is 1. The lowest BCUT2D eigenvalue weighted by molar-refractivity contribution is 0.100. The minimum atomic E-state index is -0.602. The van der Waals surface area contributed by atoms with E-state index in [0.717, 1.165) is 0 Å². The third-order valence-electron chi connectivity index (χ3n) is 2.03. The molecule has 0 radical (unpaired) electrons. The van der Waals surface area contributed by atoms with Crippen molar-refractivity contribution in [3.05, 3.63) is 40.0 Å². The second-order valence-electron chi connectivity index (χ2n) is 3.01. The van der Waals surface area contributed by atoms with Crippen molar-refractivity contribution in [2.45, 2.75) is 0 Å². The molecule has 0 fully saturated rings. The van der Waals surface area contributed by atoms with E-state index < -0.39 is 5.91 Å². The first-order valence-corrected chi connectivity index (χ1v) is 4.89. The fourth-order valence-electron chi connectivity index (χ4n) is 1.30. The molecule has 0 saturated heterocycles. The summed E-state index contributed by atoms with van der Waals surface area (Å²) in [5.41, 5.74) is 6.02. The normalized spacial score (nSPS) is 10.5. The molecule has 0 unspecified atom stereocenters. The summed E-state index contributed by atoms with van der Waals surface area (Å²) in [4.78, 5) is 15.1. The molecule has 1 heterocycles. The van der Waals surface area contributed by atoms with Crippen molar-refractivity contribution in [1.82, 2.24) is 4.98 Å². The number of carbonyl (C=O) groups is 1. The molecule has 2 N–H and O–H groups in total. The average Bonchev–Trinajstić information content (AvgIpc) is 2.19. The Labute approximate surface area is 95.8 Å². The van der Waals surface area contributed by atoms with E-state index in [4.69, 9.17) is 28.9 Å². The number of carbonyl (C=O) groups excluding carboxylic acids is 1. The molecule has 0 atom stereocenters. The Kier molecular flexibility index (Phi) is 2.50. The summed E-state index contributed by atoms with van der Waals surface area (Å²) in [5.74, 6) is -0.602. The van der Waals surface area contributed by atoms with Crippen molar-refractivity contribution >= 4 is 40.0 Å². The van der Waals surface area contributed by atoms with Gasteiger partial charge in [0.05, 0.1) is 16.1 Å². The van der Waals surface area contributed by atoms with Crippen molar-refractivity contribution in [2.75, 3.05) is 0 Å². The summed E-state index contributed by atoms with van der Waals surface area (Å²) < 4.78 is 0. The van der Waals surface area contributed by atoms with Crippen LogP contribution in [-0.2, 0) is 0 Å². The molecule has 1 aromatic heterocycles. The zero-order valence-corrected chi connectivity index (χ0v) is 9.01. The van der Waals surface area contributed by atoms with Crippen molar-refractivity contribution in [1.29, 1.82) is 0 Å². The lowest BCUT2D eigenvalue weighted by Gasteiger charge is -2.03. The lowest BCUT2D eigenvalue weighted by Crippen LogP contribution is -2.12. The summed E-state index contributed by atoms with van der Waals surface area (Å²) in [6.45, 7) is 0. The second-order valence-corrected chi connectivity index (χ2v) is 3.83. The number of pyridine rings is 1. The number of amides is 1. The van der Waals surface area contributed by atoms with Crippen molar-refractivity contribution in [3.8, 4) is 0 Å². The van der Waals surface area contributed by atoms with Crippen molar-refractivity contribution in [2.24, 2.45) is 5.73 Å². The number of aromatic nitrogens is 1. The third kappa shape index (κ3) is 1.76. The second kappa shape index (κ2) is 3.68. The molecule has 5 heteroatoms. The van der Waals surface area contributed by atoms with Crippen LogP contribution < -0.4 is 5.73 Å². The Balaban J connectivity index is 2.82. The van der Waals surface area contributed by atoms with E-state index in [0.29, 0.717) is 15.9 Å². The van der Waals surface area contributed by atoms with Gasteiger partial charge in [-0.2, -0.15) is 0 Å². The summed E-state index contributed by atoms with van der Waals surface area (Å²) in [6, 6.07) is 5.09. The molecule has 1 aromatic carbocycles. The molecule has 15 heavy (non-hydrogen) atoms. The van der Waals surface area contributed by atoms with E-state index in [9.17, 15) is 4.79 Å². The third-order valence-corrected chi connectivity index (χ3v) is 2.67.